The maximum absolute atomic E-state index is 12.5. The van der Waals surface area contributed by atoms with Gasteiger partial charge in [0.05, 0.1) is 11.0 Å². The highest BCUT2D eigenvalue weighted by Gasteiger charge is 2.20. The van der Waals surface area contributed by atoms with Gasteiger partial charge < -0.3 is 10.5 Å². The van der Waals surface area contributed by atoms with Crippen LogP contribution in [-0.2, 0) is 27.7 Å². The Morgan fingerprint density at radius 1 is 1.43 bits per heavy atom. The first-order chi connectivity index (χ1) is 10.1. The highest BCUT2D eigenvalue weighted by molar-refractivity contribution is 7.89. The molecule has 0 aliphatic carbocycles. The van der Waals surface area contributed by atoms with Gasteiger partial charge in [0.25, 0.3) is 0 Å². The summed E-state index contributed by atoms with van der Waals surface area (Å²) < 4.78 is 33.1. The summed E-state index contributed by atoms with van der Waals surface area (Å²) in [7, 11) is -3.49. The molecule has 2 rings (SSSR count). The fraction of sp³-hybridized carbons (Fsp3) is 0.600. The molecule has 1 aliphatic rings. The smallest absolute Gasteiger partial charge is 0.240 e. The average Bonchev–Trinajstić information content (AvgIpc) is 2.99. The lowest BCUT2D eigenvalue weighted by molar-refractivity contribution is 0.105. The second kappa shape index (κ2) is 7.35. The fourth-order valence-corrected chi connectivity index (χ4v) is 3.98. The van der Waals surface area contributed by atoms with Gasteiger partial charge in [-0.05, 0) is 42.9 Å². The van der Waals surface area contributed by atoms with Crippen molar-refractivity contribution in [2.75, 3.05) is 13.2 Å². The number of rotatable bonds is 7. The van der Waals surface area contributed by atoms with Gasteiger partial charge in [0.15, 0.2) is 0 Å². The Morgan fingerprint density at radius 2 is 2.24 bits per heavy atom. The number of benzene rings is 1. The van der Waals surface area contributed by atoms with Crippen LogP contribution in [0.4, 0.5) is 0 Å². The summed E-state index contributed by atoms with van der Waals surface area (Å²) in [6.07, 6.45) is 3.67. The Kier molecular flexibility index (Phi) is 5.75. The van der Waals surface area contributed by atoms with Crippen molar-refractivity contribution in [3.63, 3.8) is 0 Å². The van der Waals surface area contributed by atoms with Crippen LogP contribution in [0.1, 0.15) is 37.3 Å². The van der Waals surface area contributed by atoms with E-state index in [4.69, 9.17) is 10.5 Å². The lowest BCUT2D eigenvalue weighted by atomic mass is 10.1. The number of nitrogens with one attached hydrogen (secondary N) is 1. The van der Waals surface area contributed by atoms with E-state index < -0.39 is 10.0 Å². The minimum atomic E-state index is -3.49. The number of hydrogen-bond donors (Lipinski definition) is 2. The minimum absolute atomic E-state index is 0.189. The zero-order valence-corrected chi connectivity index (χ0v) is 13.3. The number of hydrogen-bond acceptors (Lipinski definition) is 4. The molecule has 5 nitrogen and oxygen atoms in total. The maximum Gasteiger partial charge on any atom is 0.240 e. The molecule has 1 atom stereocenters. The van der Waals surface area contributed by atoms with Crippen LogP contribution in [0.25, 0.3) is 0 Å². The van der Waals surface area contributed by atoms with E-state index in [2.05, 4.69) is 4.72 Å². The van der Waals surface area contributed by atoms with Gasteiger partial charge in [-0.15, -0.1) is 0 Å². The molecule has 0 saturated carbocycles. The summed E-state index contributed by atoms with van der Waals surface area (Å²) >= 11 is 0. The molecule has 1 heterocycles. The minimum Gasteiger partial charge on any atom is -0.378 e. The quantitative estimate of drug-likeness (QED) is 0.800. The third-order valence-electron chi connectivity index (χ3n) is 3.82. The molecule has 1 aliphatic heterocycles. The summed E-state index contributed by atoms with van der Waals surface area (Å²) in [5.74, 6) is 0. The van der Waals surface area contributed by atoms with Crippen LogP contribution in [0, 0.1) is 0 Å². The van der Waals surface area contributed by atoms with Crippen molar-refractivity contribution in [2.45, 2.75) is 50.2 Å². The molecule has 21 heavy (non-hydrogen) atoms. The number of sulfonamides is 1. The van der Waals surface area contributed by atoms with E-state index in [1.165, 1.54) is 0 Å². The van der Waals surface area contributed by atoms with Gasteiger partial charge in [0, 0.05) is 19.7 Å². The molecule has 6 heteroatoms. The van der Waals surface area contributed by atoms with Gasteiger partial charge in [-0.25, -0.2) is 13.1 Å². The molecule has 118 valence electrons. The molecule has 1 saturated heterocycles. The van der Waals surface area contributed by atoms with E-state index in [-0.39, 0.29) is 6.10 Å². The highest BCUT2D eigenvalue weighted by Crippen LogP contribution is 2.19. The summed E-state index contributed by atoms with van der Waals surface area (Å²) in [6.45, 7) is 3.48. The molecule has 1 fully saturated rings. The van der Waals surface area contributed by atoms with Crippen molar-refractivity contribution >= 4 is 10.0 Å². The van der Waals surface area contributed by atoms with Crippen molar-refractivity contribution in [1.82, 2.24) is 4.72 Å². The Labute approximate surface area is 126 Å². The largest absolute Gasteiger partial charge is 0.378 e. The first-order valence-electron chi connectivity index (χ1n) is 7.50. The Bertz CT molecular complexity index is 566. The van der Waals surface area contributed by atoms with Crippen LogP contribution in [0.5, 0.6) is 0 Å². The van der Waals surface area contributed by atoms with Crippen LogP contribution in [0.2, 0.25) is 0 Å². The van der Waals surface area contributed by atoms with Gasteiger partial charge >= 0.3 is 0 Å². The molecule has 0 radical (unpaired) electrons. The van der Waals surface area contributed by atoms with Crippen molar-refractivity contribution in [3.8, 4) is 0 Å². The molecule has 0 spiro atoms. The van der Waals surface area contributed by atoms with E-state index >= 15 is 0 Å². The number of aryl methyl sites for hydroxylation is 1. The number of ether oxygens (including phenoxy) is 1. The maximum atomic E-state index is 12.5. The monoisotopic (exact) mass is 312 g/mol. The van der Waals surface area contributed by atoms with Gasteiger partial charge in [-0.2, -0.15) is 0 Å². The third kappa shape index (κ3) is 4.26. The second-order valence-corrected chi connectivity index (χ2v) is 7.06. The Morgan fingerprint density at radius 3 is 2.86 bits per heavy atom. The van der Waals surface area contributed by atoms with Crippen LogP contribution < -0.4 is 10.5 Å². The third-order valence-corrected chi connectivity index (χ3v) is 5.36. The van der Waals surface area contributed by atoms with Crippen LogP contribution in [-0.4, -0.2) is 27.7 Å². The zero-order valence-electron chi connectivity index (χ0n) is 12.5. The van der Waals surface area contributed by atoms with Crippen molar-refractivity contribution < 1.29 is 13.2 Å². The lowest BCUT2D eigenvalue weighted by Gasteiger charge is -2.13. The summed E-state index contributed by atoms with van der Waals surface area (Å²) in [4.78, 5) is 0.347. The fourth-order valence-electron chi connectivity index (χ4n) is 2.57. The van der Waals surface area contributed by atoms with Gasteiger partial charge in [-0.3, -0.25) is 0 Å². The van der Waals surface area contributed by atoms with Gasteiger partial charge in [0.2, 0.25) is 10.0 Å². The predicted molar refractivity (Wildman–Crippen MR) is 82.5 cm³/mol. The van der Waals surface area contributed by atoms with E-state index in [1.807, 2.05) is 19.1 Å². The lowest BCUT2D eigenvalue weighted by Crippen LogP contribution is -2.28. The topological polar surface area (TPSA) is 81.4 Å². The van der Waals surface area contributed by atoms with E-state index in [0.717, 1.165) is 37.0 Å². The van der Waals surface area contributed by atoms with E-state index in [0.29, 0.717) is 24.4 Å². The molecular weight excluding hydrogens is 288 g/mol. The summed E-state index contributed by atoms with van der Waals surface area (Å²) in [5, 5.41) is 0. The van der Waals surface area contributed by atoms with Gasteiger partial charge in [0.1, 0.15) is 0 Å². The average molecular weight is 312 g/mol. The molecule has 3 N–H and O–H groups in total. The molecule has 1 aromatic carbocycles. The Hall–Kier alpha value is -0.950. The number of nitrogens with two attached hydrogens (primary N) is 1. The molecule has 1 aromatic rings. The van der Waals surface area contributed by atoms with Gasteiger partial charge in [-0.1, -0.05) is 19.1 Å². The van der Waals surface area contributed by atoms with Crippen LogP contribution in [0.3, 0.4) is 0 Å². The molecule has 0 bridgehead atoms. The first kappa shape index (κ1) is 16.4. The standard InChI is InChI=1S/C15H24N2O3S/c1-2-13-6-5-12(11-16)10-15(13)21(18,19)17-8-7-14-4-3-9-20-14/h5-6,10,14,17H,2-4,7-9,11,16H2,1H3. The predicted octanol–water partition coefficient (Wildman–Crippen LogP) is 1.56. The molecule has 0 amide bonds. The molecule has 1 unspecified atom stereocenters. The van der Waals surface area contributed by atoms with Crippen molar-refractivity contribution in [3.05, 3.63) is 29.3 Å². The van der Waals surface area contributed by atoms with E-state index in [1.54, 1.807) is 6.07 Å². The van der Waals surface area contributed by atoms with Crippen LogP contribution in [0.15, 0.2) is 23.1 Å². The SMILES string of the molecule is CCc1ccc(CN)cc1S(=O)(=O)NCCC1CCCO1. The second-order valence-electron chi connectivity index (χ2n) is 5.32. The van der Waals surface area contributed by atoms with E-state index in [9.17, 15) is 8.42 Å². The first-order valence-corrected chi connectivity index (χ1v) is 8.98. The Balaban J connectivity index is 2.06. The zero-order chi connectivity index (χ0) is 15.3. The highest BCUT2D eigenvalue weighted by atomic mass is 32.2. The summed E-state index contributed by atoms with van der Waals surface area (Å²) in [5.41, 5.74) is 7.25. The van der Waals surface area contributed by atoms with Crippen molar-refractivity contribution in [2.24, 2.45) is 5.73 Å². The summed E-state index contributed by atoms with van der Waals surface area (Å²) in [6, 6.07) is 5.40. The molecular formula is C15H24N2O3S. The molecule has 0 aromatic heterocycles. The van der Waals surface area contributed by atoms with Crippen molar-refractivity contribution in [1.29, 1.82) is 0 Å². The van der Waals surface area contributed by atoms with Crippen LogP contribution >= 0.6 is 0 Å². The normalized spacial score (nSPS) is 19.0.